The number of aromatic nitrogens is 5. The van der Waals surface area contributed by atoms with Crippen molar-refractivity contribution in [1.29, 1.82) is 0 Å². The van der Waals surface area contributed by atoms with E-state index in [2.05, 4.69) is 10.2 Å². The maximum atomic E-state index is 13.4. The van der Waals surface area contributed by atoms with Gasteiger partial charge in [-0.25, -0.2) is 4.98 Å². The highest BCUT2D eigenvalue weighted by atomic mass is 16.2. The number of carbonyl (C=O) groups excluding carboxylic acids is 1. The molecule has 1 aromatic carbocycles. The molecule has 0 unspecified atom stereocenters. The molecular weight excluding hydrogens is 364 g/mol. The molecule has 29 heavy (non-hydrogen) atoms. The van der Waals surface area contributed by atoms with Gasteiger partial charge in [-0.2, -0.15) is 10.2 Å². The zero-order valence-corrected chi connectivity index (χ0v) is 17.3. The monoisotopic (exact) mass is 388 g/mol. The first-order valence-electron chi connectivity index (χ1n) is 9.49. The third-order valence-electron chi connectivity index (χ3n) is 5.21. The fraction of sp³-hybridized carbons (Fsp3) is 0.273. The maximum absolute atomic E-state index is 13.4. The zero-order valence-electron chi connectivity index (χ0n) is 17.3. The van der Waals surface area contributed by atoms with Crippen LogP contribution < -0.4 is 0 Å². The van der Waals surface area contributed by atoms with Crippen LogP contribution in [-0.2, 0) is 20.6 Å². The minimum absolute atomic E-state index is 0.0666. The maximum Gasteiger partial charge on any atom is 0.254 e. The van der Waals surface area contributed by atoms with Crippen LogP contribution in [0.1, 0.15) is 27.3 Å². The van der Waals surface area contributed by atoms with E-state index in [-0.39, 0.29) is 5.91 Å². The molecule has 0 spiro atoms. The molecule has 0 atom stereocenters. The van der Waals surface area contributed by atoms with Crippen LogP contribution in [0.25, 0.3) is 22.3 Å². The smallest absolute Gasteiger partial charge is 0.254 e. The van der Waals surface area contributed by atoms with Crippen LogP contribution in [0, 0.1) is 13.8 Å². The van der Waals surface area contributed by atoms with Crippen molar-refractivity contribution in [1.82, 2.24) is 29.4 Å². The lowest BCUT2D eigenvalue weighted by molar-refractivity contribution is 0.0784. The Kier molecular flexibility index (Phi) is 4.66. The predicted molar refractivity (Wildman–Crippen MR) is 112 cm³/mol. The van der Waals surface area contributed by atoms with Crippen molar-refractivity contribution in [3.8, 4) is 11.3 Å². The van der Waals surface area contributed by atoms with E-state index < -0.39 is 0 Å². The SMILES string of the molecule is Cc1ccc(-c2cc(C(=O)N(C)Cc3ccnn3C)c3c(C)nn(C)c3n2)cc1. The Hall–Kier alpha value is -3.48. The van der Waals surface area contributed by atoms with E-state index in [9.17, 15) is 4.79 Å². The molecule has 0 aliphatic rings. The van der Waals surface area contributed by atoms with Crippen molar-refractivity contribution in [2.24, 2.45) is 14.1 Å². The fourth-order valence-corrected chi connectivity index (χ4v) is 3.56. The predicted octanol–water partition coefficient (Wildman–Crippen LogP) is 3.26. The summed E-state index contributed by atoms with van der Waals surface area (Å²) in [7, 11) is 5.53. The summed E-state index contributed by atoms with van der Waals surface area (Å²) in [5, 5.41) is 9.48. The number of rotatable bonds is 4. The molecule has 4 rings (SSSR count). The van der Waals surface area contributed by atoms with Crippen molar-refractivity contribution in [3.63, 3.8) is 0 Å². The van der Waals surface area contributed by atoms with Crippen LogP contribution in [0.15, 0.2) is 42.6 Å². The Labute approximate surface area is 169 Å². The molecule has 0 saturated heterocycles. The Balaban J connectivity index is 1.82. The van der Waals surface area contributed by atoms with Crippen LogP contribution in [0.2, 0.25) is 0 Å². The van der Waals surface area contributed by atoms with Gasteiger partial charge in [-0.3, -0.25) is 14.2 Å². The van der Waals surface area contributed by atoms with Gasteiger partial charge in [-0.15, -0.1) is 0 Å². The third-order valence-corrected chi connectivity index (χ3v) is 5.21. The number of carbonyl (C=O) groups is 1. The topological polar surface area (TPSA) is 68.8 Å². The lowest BCUT2D eigenvalue weighted by atomic mass is 10.0. The largest absolute Gasteiger partial charge is 0.336 e. The average molecular weight is 388 g/mol. The summed E-state index contributed by atoms with van der Waals surface area (Å²) in [6, 6.07) is 11.9. The number of aryl methyl sites for hydroxylation is 4. The Morgan fingerprint density at radius 1 is 1.07 bits per heavy atom. The van der Waals surface area contributed by atoms with Crippen molar-refractivity contribution < 1.29 is 4.79 Å². The van der Waals surface area contributed by atoms with Gasteiger partial charge in [0.15, 0.2) is 5.65 Å². The molecule has 0 bridgehead atoms. The number of hydrogen-bond acceptors (Lipinski definition) is 4. The second-order valence-electron chi connectivity index (χ2n) is 7.44. The first kappa shape index (κ1) is 18.9. The van der Waals surface area contributed by atoms with Crippen LogP contribution in [0.5, 0.6) is 0 Å². The number of benzene rings is 1. The van der Waals surface area contributed by atoms with Gasteiger partial charge < -0.3 is 4.90 Å². The van der Waals surface area contributed by atoms with E-state index in [1.165, 1.54) is 5.56 Å². The van der Waals surface area contributed by atoms with Gasteiger partial charge in [0.1, 0.15) is 0 Å². The summed E-state index contributed by atoms with van der Waals surface area (Å²) in [6.45, 7) is 4.43. The molecule has 0 fully saturated rings. The lowest BCUT2D eigenvalue weighted by Gasteiger charge is -2.18. The highest BCUT2D eigenvalue weighted by molar-refractivity contribution is 6.07. The molecule has 0 N–H and O–H groups in total. The van der Waals surface area contributed by atoms with Crippen molar-refractivity contribution in [2.75, 3.05) is 7.05 Å². The van der Waals surface area contributed by atoms with Crippen LogP contribution in [-0.4, -0.2) is 42.4 Å². The van der Waals surface area contributed by atoms with Crippen molar-refractivity contribution >= 4 is 16.9 Å². The summed E-state index contributed by atoms with van der Waals surface area (Å²) in [5.74, 6) is -0.0666. The lowest BCUT2D eigenvalue weighted by Crippen LogP contribution is -2.27. The number of fused-ring (bicyclic) bond motifs is 1. The number of pyridine rings is 1. The molecule has 0 saturated carbocycles. The number of amides is 1. The van der Waals surface area contributed by atoms with E-state index in [4.69, 9.17) is 4.98 Å². The van der Waals surface area contributed by atoms with Gasteiger partial charge in [0.25, 0.3) is 5.91 Å². The highest BCUT2D eigenvalue weighted by Crippen LogP contribution is 2.28. The number of hydrogen-bond donors (Lipinski definition) is 0. The normalized spacial score (nSPS) is 11.2. The highest BCUT2D eigenvalue weighted by Gasteiger charge is 2.22. The first-order chi connectivity index (χ1) is 13.8. The van der Waals surface area contributed by atoms with E-state index in [1.54, 1.807) is 27.5 Å². The summed E-state index contributed by atoms with van der Waals surface area (Å²) < 4.78 is 3.51. The molecule has 4 aromatic rings. The minimum Gasteiger partial charge on any atom is -0.336 e. The van der Waals surface area contributed by atoms with Gasteiger partial charge in [-0.05, 0) is 26.0 Å². The van der Waals surface area contributed by atoms with Gasteiger partial charge in [-0.1, -0.05) is 29.8 Å². The van der Waals surface area contributed by atoms with Crippen molar-refractivity contribution in [2.45, 2.75) is 20.4 Å². The molecule has 7 heteroatoms. The van der Waals surface area contributed by atoms with Crippen LogP contribution in [0.4, 0.5) is 0 Å². The average Bonchev–Trinajstić information content (AvgIpc) is 3.23. The molecule has 148 valence electrons. The second-order valence-corrected chi connectivity index (χ2v) is 7.44. The fourth-order valence-electron chi connectivity index (χ4n) is 3.56. The molecule has 3 heterocycles. The molecule has 0 aliphatic carbocycles. The summed E-state index contributed by atoms with van der Waals surface area (Å²) in [4.78, 5) is 19.9. The van der Waals surface area contributed by atoms with Crippen LogP contribution >= 0.6 is 0 Å². The van der Waals surface area contributed by atoms with Gasteiger partial charge >= 0.3 is 0 Å². The molecule has 3 aromatic heterocycles. The van der Waals surface area contributed by atoms with Gasteiger partial charge in [0, 0.05) is 32.9 Å². The van der Waals surface area contributed by atoms with E-state index in [0.717, 1.165) is 28.0 Å². The molecule has 7 nitrogen and oxygen atoms in total. The van der Waals surface area contributed by atoms with Gasteiger partial charge in [0.05, 0.1) is 34.6 Å². The first-order valence-corrected chi connectivity index (χ1v) is 9.49. The van der Waals surface area contributed by atoms with E-state index >= 15 is 0 Å². The van der Waals surface area contributed by atoms with Crippen molar-refractivity contribution in [3.05, 3.63) is 65.1 Å². The van der Waals surface area contributed by atoms with Gasteiger partial charge in [0.2, 0.25) is 0 Å². The number of nitrogens with zero attached hydrogens (tertiary/aromatic N) is 6. The molecule has 1 amide bonds. The summed E-state index contributed by atoms with van der Waals surface area (Å²) >= 11 is 0. The minimum atomic E-state index is -0.0666. The van der Waals surface area contributed by atoms with E-state index in [1.807, 2.05) is 64.3 Å². The quantitative estimate of drug-likeness (QED) is 0.538. The summed E-state index contributed by atoms with van der Waals surface area (Å²) in [6.07, 6.45) is 1.74. The zero-order chi connectivity index (χ0) is 20.7. The standard InChI is InChI=1S/C22H24N6O/c1-14-6-8-16(9-7-14)19-12-18(20-15(2)25-28(5)21(20)24-19)22(29)26(3)13-17-10-11-23-27(17)4/h6-12H,13H2,1-5H3. The van der Waals surface area contributed by atoms with Crippen LogP contribution in [0.3, 0.4) is 0 Å². The summed E-state index contributed by atoms with van der Waals surface area (Å²) in [5.41, 5.74) is 5.99. The molecular formula is C22H24N6O. The Morgan fingerprint density at radius 2 is 1.79 bits per heavy atom. The Bertz CT molecular complexity index is 1200. The second kappa shape index (κ2) is 7.16. The third kappa shape index (κ3) is 3.40. The molecule has 0 radical (unpaired) electrons. The Morgan fingerprint density at radius 3 is 2.45 bits per heavy atom. The molecule has 0 aliphatic heterocycles. The van der Waals surface area contributed by atoms with E-state index in [0.29, 0.717) is 17.8 Å².